The maximum absolute atomic E-state index is 9.78. The van der Waals surface area contributed by atoms with Gasteiger partial charge >= 0.3 is 0 Å². The van der Waals surface area contributed by atoms with Gasteiger partial charge in [0.05, 0.1) is 0 Å². The summed E-state index contributed by atoms with van der Waals surface area (Å²) >= 11 is 0. The summed E-state index contributed by atoms with van der Waals surface area (Å²) < 4.78 is 0. The summed E-state index contributed by atoms with van der Waals surface area (Å²) in [6.07, 6.45) is 0. The Morgan fingerprint density at radius 3 is 2.56 bits per heavy atom. The van der Waals surface area contributed by atoms with Gasteiger partial charge in [-0.15, -0.1) is 0 Å². The molecule has 2 aromatic rings. The highest BCUT2D eigenvalue weighted by molar-refractivity contribution is 5.35. The molecule has 0 saturated heterocycles. The molecule has 0 bridgehead atoms. The van der Waals surface area contributed by atoms with Crippen LogP contribution in [0.3, 0.4) is 0 Å². The Kier molecular flexibility index (Phi) is 4.00. The quantitative estimate of drug-likeness (QED) is 0.858. The fourth-order valence-corrected chi connectivity index (χ4v) is 1.98. The first kappa shape index (κ1) is 12.7. The highest BCUT2D eigenvalue weighted by Crippen LogP contribution is 2.19. The largest absolute Gasteiger partial charge is 0.508 e. The van der Waals surface area contributed by atoms with Crippen molar-refractivity contribution in [3.63, 3.8) is 0 Å². The van der Waals surface area contributed by atoms with Crippen LogP contribution in [-0.2, 0) is 6.54 Å². The molecule has 2 heteroatoms. The molecular formula is C16H19NO. The summed E-state index contributed by atoms with van der Waals surface area (Å²) in [5.74, 6) is 0.355. The van der Waals surface area contributed by atoms with Gasteiger partial charge in [0.25, 0.3) is 0 Å². The van der Waals surface area contributed by atoms with Gasteiger partial charge < -0.3 is 10.4 Å². The van der Waals surface area contributed by atoms with Crippen molar-refractivity contribution in [3.05, 3.63) is 65.2 Å². The van der Waals surface area contributed by atoms with E-state index in [0.29, 0.717) is 12.3 Å². The van der Waals surface area contributed by atoms with Crippen LogP contribution in [0.2, 0.25) is 0 Å². The Morgan fingerprint density at radius 1 is 1.11 bits per heavy atom. The Balaban J connectivity index is 2.01. The number of phenolic OH excluding ortho intramolecular Hbond substituents is 1. The van der Waals surface area contributed by atoms with Crippen LogP contribution in [0.5, 0.6) is 5.75 Å². The number of aromatic hydroxyl groups is 1. The van der Waals surface area contributed by atoms with Crippen LogP contribution in [0.15, 0.2) is 48.5 Å². The molecule has 0 radical (unpaired) electrons. The second kappa shape index (κ2) is 5.69. The molecule has 1 unspecified atom stereocenters. The van der Waals surface area contributed by atoms with E-state index in [1.807, 2.05) is 37.3 Å². The molecule has 0 amide bonds. The summed E-state index contributed by atoms with van der Waals surface area (Å²) in [5, 5.41) is 13.2. The van der Waals surface area contributed by atoms with Crippen LogP contribution in [0.4, 0.5) is 0 Å². The van der Waals surface area contributed by atoms with Gasteiger partial charge in [-0.25, -0.2) is 0 Å². The standard InChI is InChI=1S/C16H19NO/c1-12-8-9-16(18)15(10-12)11-17-13(2)14-6-4-3-5-7-14/h3-10,13,17-18H,11H2,1-2H3. The van der Waals surface area contributed by atoms with Crippen molar-refractivity contribution in [2.24, 2.45) is 0 Å². The van der Waals surface area contributed by atoms with E-state index < -0.39 is 0 Å². The topological polar surface area (TPSA) is 32.3 Å². The zero-order valence-electron chi connectivity index (χ0n) is 10.9. The van der Waals surface area contributed by atoms with Crippen LogP contribution >= 0.6 is 0 Å². The molecule has 18 heavy (non-hydrogen) atoms. The number of benzene rings is 2. The predicted octanol–water partition coefficient (Wildman–Crippen LogP) is 3.55. The molecule has 0 aliphatic heterocycles. The van der Waals surface area contributed by atoms with Crippen molar-refractivity contribution in [1.29, 1.82) is 0 Å². The minimum Gasteiger partial charge on any atom is -0.508 e. The van der Waals surface area contributed by atoms with Gasteiger partial charge in [0, 0.05) is 18.2 Å². The van der Waals surface area contributed by atoms with E-state index in [-0.39, 0.29) is 6.04 Å². The Bertz CT molecular complexity index is 508. The lowest BCUT2D eigenvalue weighted by Gasteiger charge is -2.15. The van der Waals surface area contributed by atoms with E-state index in [0.717, 1.165) is 11.1 Å². The summed E-state index contributed by atoms with van der Waals surface area (Å²) in [5.41, 5.74) is 3.36. The van der Waals surface area contributed by atoms with Crippen LogP contribution in [0, 0.1) is 6.92 Å². The lowest BCUT2D eigenvalue weighted by atomic mass is 10.1. The summed E-state index contributed by atoms with van der Waals surface area (Å²) in [6, 6.07) is 16.3. The summed E-state index contributed by atoms with van der Waals surface area (Å²) in [6.45, 7) is 4.83. The Hall–Kier alpha value is -1.80. The fourth-order valence-electron chi connectivity index (χ4n) is 1.98. The number of hydrogen-bond acceptors (Lipinski definition) is 2. The Morgan fingerprint density at radius 2 is 1.83 bits per heavy atom. The maximum Gasteiger partial charge on any atom is 0.120 e. The smallest absolute Gasteiger partial charge is 0.120 e. The third-order valence-electron chi connectivity index (χ3n) is 3.13. The van der Waals surface area contributed by atoms with Crippen LogP contribution in [-0.4, -0.2) is 5.11 Å². The first-order valence-electron chi connectivity index (χ1n) is 6.23. The molecule has 0 aliphatic rings. The van der Waals surface area contributed by atoms with Gasteiger partial charge in [-0.2, -0.15) is 0 Å². The zero-order valence-corrected chi connectivity index (χ0v) is 10.9. The average Bonchev–Trinajstić information content (AvgIpc) is 2.40. The molecule has 94 valence electrons. The van der Waals surface area contributed by atoms with Gasteiger partial charge in [0.1, 0.15) is 5.75 Å². The fraction of sp³-hybridized carbons (Fsp3) is 0.250. The monoisotopic (exact) mass is 241 g/mol. The molecule has 2 nitrogen and oxygen atoms in total. The lowest BCUT2D eigenvalue weighted by molar-refractivity contribution is 0.460. The van der Waals surface area contributed by atoms with E-state index in [4.69, 9.17) is 0 Å². The molecule has 0 saturated carbocycles. The highest BCUT2D eigenvalue weighted by atomic mass is 16.3. The molecule has 0 aromatic heterocycles. The summed E-state index contributed by atoms with van der Waals surface area (Å²) in [4.78, 5) is 0. The Labute approximate surface area is 108 Å². The second-order valence-electron chi connectivity index (χ2n) is 4.65. The van der Waals surface area contributed by atoms with Gasteiger partial charge in [-0.1, -0.05) is 48.0 Å². The van der Waals surface area contributed by atoms with Crippen LogP contribution in [0.1, 0.15) is 29.7 Å². The third kappa shape index (κ3) is 3.11. The molecule has 2 N–H and O–H groups in total. The first-order valence-corrected chi connectivity index (χ1v) is 6.23. The minimum absolute atomic E-state index is 0.270. The van der Waals surface area contributed by atoms with Crippen molar-refractivity contribution < 1.29 is 5.11 Å². The van der Waals surface area contributed by atoms with Gasteiger partial charge in [0.15, 0.2) is 0 Å². The lowest BCUT2D eigenvalue weighted by Crippen LogP contribution is -2.18. The molecule has 0 heterocycles. The minimum atomic E-state index is 0.270. The first-order chi connectivity index (χ1) is 8.66. The van der Waals surface area contributed by atoms with Gasteiger partial charge in [-0.3, -0.25) is 0 Å². The molecule has 2 aromatic carbocycles. The van der Waals surface area contributed by atoms with E-state index in [2.05, 4.69) is 24.4 Å². The van der Waals surface area contributed by atoms with E-state index in [1.54, 1.807) is 6.07 Å². The molecule has 0 fully saturated rings. The average molecular weight is 241 g/mol. The molecule has 0 aliphatic carbocycles. The van der Waals surface area contributed by atoms with Crippen molar-refractivity contribution in [2.45, 2.75) is 26.4 Å². The molecule has 2 rings (SSSR count). The zero-order chi connectivity index (χ0) is 13.0. The number of rotatable bonds is 4. The highest BCUT2D eigenvalue weighted by Gasteiger charge is 2.06. The number of phenols is 1. The van der Waals surface area contributed by atoms with E-state index >= 15 is 0 Å². The van der Waals surface area contributed by atoms with Crippen LogP contribution < -0.4 is 5.32 Å². The van der Waals surface area contributed by atoms with E-state index in [9.17, 15) is 5.11 Å². The SMILES string of the molecule is Cc1ccc(O)c(CNC(C)c2ccccc2)c1. The van der Waals surface area contributed by atoms with Gasteiger partial charge in [-0.05, 0) is 25.5 Å². The normalized spacial score (nSPS) is 12.3. The van der Waals surface area contributed by atoms with Gasteiger partial charge in [0.2, 0.25) is 0 Å². The third-order valence-corrected chi connectivity index (χ3v) is 3.13. The van der Waals surface area contributed by atoms with Crippen LogP contribution in [0.25, 0.3) is 0 Å². The predicted molar refractivity (Wildman–Crippen MR) is 74.5 cm³/mol. The number of aryl methyl sites for hydroxylation is 1. The molecule has 1 atom stereocenters. The van der Waals surface area contributed by atoms with Crippen molar-refractivity contribution in [3.8, 4) is 5.75 Å². The maximum atomic E-state index is 9.78. The van der Waals surface area contributed by atoms with E-state index in [1.165, 1.54) is 5.56 Å². The van der Waals surface area contributed by atoms with Crippen molar-refractivity contribution in [1.82, 2.24) is 5.32 Å². The van der Waals surface area contributed by atoms with Crippen molar-refractivity contribution in [2.75, 3.05) is 0 Å². The molecule has 0 spiro atoms. The summed E-state index contributed by atoms with van der Waals surface area (Å²) in [7, 11) is 0. The number of nitrogens with one attached hydrogen (secondary N) is 1. The van der Waals surface area contributed by atoms with Crippen molar-refractivity contribution >= 4 is 0 Å². The second-order valence-corrected chi connectivity index (χ2v) is 4.65. The number of hydrogen-bond donors (Lipinski definition) is 2. The molecular weight excluding hydrogens is 222 g/mol.